The lowest BCUT2D eigenvalue weighted by atomic mass is 10.1. The molecule has 2 N–H and O–H groups in total. The molecule has 1 heterocycles. The number of aromatic nitrogens is 1. The maximum absolute atomic E-state index is 9.49. The fraction of sp³-hybridized carbons (Fsp3) is 0.500. The number of aliphatic hydroxyl groups excluding tert-OH is 2. The SMILES string of the molecule is C[C@@H](O)c1cccnc1N(C)CCO. The second kappa shape index (κ2) is 4.93. The second-order valence-electron chi connectivity index (χ2n) is 3.24. The van der Waals surface area contributed by atoms with Crippen LogP contribution in [-0.2, 0) is 0 Å². The fourth-order valence-electron chi connectivity index (χ4n) is 1.31. The van der Waals surface area contributed by atoms with Crippen molar-refractivity contribution in [2.75, 3.05) is 25.1 Å². The Kier molecular flexibility index (Phi) is 3.85. The first kappa shape index (κ1) is 10.9. The standard InChI is InChI=1S/C10H16N2O2/c1-8(14)9-4-3-5-11-10(9)12(2)6-7-13/h3-5,8,13-14H,6-7H2,1-2H3/t8-/m1/s1. The minimum absolute atomic E-state index is 0.0757. The minimum atomic E-state index is -0.542. The Morgan fingerprint density at radius 3 is 2.86 bits per heavy atom. The van der Waals surface area contributed by atoms with E-state index in [9.17, 15) is 5.11 Å². The van der Waals surface area contributed by atoms with Gasteiger partial charge in [0, 0.05) is 25.4 Å². The molecule has 0 bridgehead atoms. The Balaban J connectivity index is 2.94. The topological polar surface area (TPSA) is 56.6 Å². The van der Waals surface area contributed by atoms with Crippen LogP contribution >= 0.6 is 0 Å². The summed E-state index contributed by atoms with van der Waals surface area (Å²) in [5.41, 5.74) is 0.781. The third-order valence-electron chi connectivity index (χ3n) is 2.06. The largest absolute Gasteiger partial charge is 0.395 e. The summed E-state index contributed by atoms with van der Waals surface area (Å²) in [6.07, 6.45) is 1.13. The molecule has 0 amide bonds. The lowest BCUT2D eigenvalue weighted by Gasteiger charge is -2.20. The Morgan fingerprint density at radius 1 is 1.57 bits per heavy atom. The van der Waals surface area contributed by atoms with Crippen molar-refractivity contribution in [1.29, 1.82) is 0 Å². The van der Waals surface area contributed by atoms with Gasteiger partial charge in [0.15, 0.2) is 0 Å². The number of hydrogen-bond acceptors (Lipinski definition) is 4. The number of anilines is 1. The Morgan fingerprint density at radius 2 is 2.29 bits per heavy atom. The summed E-state index contributed by atoms with van der Waals surface area (Å²) in [5, 5.41) is 18.3. The second-order valence-corrected chi connectivity index (χ2v) is 3.24. The van der Waals surface area contributed by atoms with Crippen LogP contribution in [0.4, 0.5) is 5.82 Å². The predicted molar refractivity (Wildman–Crippen MR) is 55.2 cm³/mol. The molecule has 0 aliphatic heterocycles. The molecule has 0 unspecified atom stereocenters. The highest BCUT2D eigenvalue weighted by atomic mass is 16.3. The minimum Gasteiger partial charge on any atom is -0.395 e. The van der Waals surface area contributed by atoms with Crippen LogP contribution < -0.4 is 4.90 Å². The van der Waals surface area contributed by atoms with E-state index in [1.165, 1.54) is 0 Å². The third kappa shape index (κ3) is 2.43. The molecule has 78 valence electrons. The van der Waals surface area contributed by atoms with Crippen molar-refractivity contribution in [2.45, 2.75) is 13.0 Å². The van der Waals surface area contributed by atoms with E-state index in [1.807, 2.05) is 18.0 Å². The van der Waals surface area contributed by atoms with Crippen LogP contribution in [0, 0.1) is 0 Å². The van der Waals surface area contributed by atoms with Crippen molar-refractivity contribution in [1.82, 2.24) is 4.98 Å². The highest BCUT2D eigenvalue weighted by molar-refractivity contribution is 5.46. The summed E-state index contributed by atoms with van der Waals surface area (Å²) in [6.45, 7) is 2.29. The van der Waals surface area contributed by atoms with Crippen LogP contribution in [0.25, 0.3) is 0 Å². The fourth-order valence-corrected chi connectivity index (χ4v) is 1.31. The molecule has 0 radical (unpaired) electrons. The summed E-state index contributed by atoms with van der Waals surface area (Å²) in [7, 11) is 1.84. The quantitative estimate of drug-likeness (QED) is 0.739. The van der Waals surface area contributed by atoms with Crippen molar-refractivity contribution >= 4 is 5.82 Å². The van der Waals surface area contributed by atoms with Gasteiger partial charge in [-0.05, 0) is 13.0 Å². The van der Waals surface area contributed by atoms with Gasteiger partial charge in [0.1, 0.15) is 5.82 Å². The zero-order valence-corrected chi connectivity index (χ0v) is 8.51. The third-order valence-corrected chi connectivity index (χ3v) is 2.06. The van der Waals surface area contributed by atoms with Gasteiger partial charge in [-0.15, -0.1) is 0 Å². The number of likely N-dealkylation sites (N-methyl/N-ethyl adjacent to an activating group) is 1. The van der Waals surface area contributed by atoms with Crippen LogP contribution in [0.2, 0.25) is 0 Å². The lowest BCUT2D eigenvalue weighted by Crippen LogP contribution is -2.23. The van der Waals surface area contributed by atoms with Crippen molar-refractivity contribution in [3.8, 4) is 0 Å². The molecular weight excluding hydrogens is 180 g/mol. The van der Waals surface area contributed by atoms with Gasteiger partial charge in [-0.1, -0.05) is 6.07 Å². The summed E-state index contributed by atoms with van der Waals surface area (Å²) in [6, 6.07) is 3.62. The van der Waals surface area contributed by atoms with Crippen LogP contribution in [-0.4, -0.2) is 35.4 Å². The van der Waals surface area contributed by atoms with Gasteiger partial charge in [0.25, 0.3) is 0 Å². The van der Waals surface area contributed by atoms with Crippen LogP contribution in [0.5, 0.6) is 0 Å². The molecule has 1 aromatic rings. The smallest absolute Gasteiger partial charge is 0.134 e. The first-order valence-corrected chi connectivity index (χ1v) is 4.61. The molecule has 0 saturated carbocycles. The van der Waals surface area contributed by atoms with E-state index in [0.29, 0.717) is 6.54 Å². The summed E-state index contributed by atoms with van der Waals surface area (Å²) >= 11 is 0. The highest BCUT2D eigenvalue weighted by Gasteiger charge is 2.11. The van der Waals surface area contributed by atoms with Gasteiger partial charge < -0.3 is 15.1 Å². The summed E-state index contributed by atoms with van der Waals surface area (Å²) in [4.78, 5) is 5.99. The normalized spacial score (nSPS) is 12.6. The van der Waals surface area contributed by atoms with Gasteiger partial charge >= 0.3 is 0 Å². The molecule has 1 atom stereocenters. The zero-order chi connectivity index (χ0) is 10.6. The molecule has 0 aromatic carbocycles. The van der Waals surface area contributed by atoms with Crippen molar-refractivity contribution in [3.05, 3.63) is 23.9 Å². The Labute approximate surface area is 83.8 Å². The Bertz CT molecular complexity index is 289. The van der Waals surface area contributed by atoms with E-state index >= 15 is 0 Å². The summed E-state index contributed by atoms with van der Waals surface area (Å²) in [5.74, 6) is 0.719. The van der Waals surface area contributed by atoms with E-state index in [1.54, 1.807) is 19.2 Å². The van der Waals surface area contributed by atoms with Crippen molar-refractivity contribution in [2.24, 2.45) is 0 Å². The first-order valence-electron chi connectivity index (χ1n) is 4.61. The molecule has 0 aliphatic carbocycles. The number of rotatable bonds is 4. The maximum atomic E-state index is 9.49. The molecule has 0 aliphatic rings. The molecule has 0 fully saturated rings. The highest BCUT2D eigenvalue weighted by Crippen LogP contribution is 2.22. The van der Waals surface area contributed by atoms with E-state index in [4.69, 9.17) is 5.11 Å². The van der Waals surface area contributed by atoms with Gasteiger partial charge in [-0.25, -0.2) is 4.98 Å². The van der Waals surface area contributed by atoms with Gasteiger partial charge in [0.2, 0.25) is 0 Å². The van der Waals surface area contributed by atoms with Gasteiger partial charge in [-0.2, -0.15) is 0 Å². The molecule has 0 spiro atoms. The zero-order valence-electron chi connectivity index (χ0n) is 8.51. The maximum Gasteiger partial charge on any atom is 0.134 e. The molecule has 0 saturated heterocycles. The monoisotopic (exact) mass is 196 g/mol. The van der Waals surface area contributed by atoms with Crippen LogP contribution in [0.15, 0.2) is 18.3 Å². The number of aliphatic hydroxyl groups is 2. The first-order chi connectivity index (χ1) is 6.66. The van der Waals surface area contributed by atoms with Gasteiger partial charge in [0.05, 0.1) is 12.7 Å². The molecule has 14 heavy (non-hydrogen) atoms. The predicted octanol–water partition coefficient (Wildman–Crippen LogP) is 0.563. The van der Waals surface area contributed by atoms with E-state index < -0.39 is 6.10 Å². The summed E-state index contributed by atoms with van der Waals surface area (Å²) < 4.78 is 0. The average Bonchev–Trinajstić information content (AvgIpc) is 2.18. The van der Waals surface area contributed by atoms with Crippen LogP contribution in [0.1, 0.15) is 18.6 Å². The van der Waals surface area contributed by atoms with E-state index in [-0.39, 0.29) is 6.61 Å². The van der Waals surface area contributed by atoms with Crippen molar-refractivity contribution < 1.29 is 10.2 Å². The molecule has 4 nitrogen and oxygen atoms in total. The van der Waals surface area contributed by atoms with Crippen molar-refractivity contribution in [3.63, 3.8) is 0 Å². The van der Waals surface area contributed by atoms with E-state index in [0.717, 1.165) is 11.4 Å². The number of hydrogen-bond donors (Lipinski definition) is 2. The number of pyridine rings is 1. The molecular formula is C10H16N2O2. The van der Waals surface area contributed by atoms with E-state index in [2.05, 4.69) is 4.98 Å². The Hall–Kier alpha value is -1.13. The molecule has 4 heteroatoms. The number of nitrogens with zero attached hydrogens (tertiary/aromatic N) is 2. The molecule has 1 rings (SSSR count). The van der Waals surface area contributed by atoms with Crippen LogP contribution in [0.3, 0.4) is 0 Å². The average molecular weight is 196 g/mol. The lowest BCUT2D eigenvalue weighted by molar-refractivity contribution is 0.199. The van der Waals surface area contributed by atoms with Gasteiger partial charge in [-0.3, -0.25) is 0 Å². The molecule has 1 aromatic heterocycles.